The van der Waals surface area contributed by atoms with E-state index in [1.807, 2.05) is 49.4 Å². The van der Waals surface area contributed by atoms with Crippen LogP contribution in [-0.2, 0) is 9.59 Å². The third-order valence-corrected chi connectivity index (χ3v) is 8.16. The number of hydrogen-bond acceptors (Lipinski definition) is 9. The van der Waals surface area contributed by atoms with E-state index in [4.69, 9.17) is 14.7 Å². The molecule has 0 saturated carbocycles. The molecule has 0 spiro atoms. The lowest BCUT2D eigenvalue weighted by atomic mass is 10.0. The molecule has 1 aromatic heterocycles. The Hall–Kier alpha value is -4.77. The molecule has 1 unspecified atom stereocenters. The van der Waals surface area contributed by atoms with Gasteiger partial charge in [0.1, 0.15) is 11.4 Å². The molecule has 230 valence electrons. The SMILES string of the molecule is C=CC(=O)N1CCCC(N(C=O)c2nc(Nc3ccc(N4CCN(C)CC4)cc3OC)ncc2N=C(C)c2ccccc2)C1. The maximum absolute atomic E-state index is 12.7. The zero-order valence-electron chi connectivity index (χ0n) is 25.6. The van der Waals surface area contributed by atoms with Crippen LogP contribution in [0.2, 0.25) is 0 Å². The van der Waals surface area contributed by atoms with Crippen molar-refractivity contribution in [1.29, 1.82) is 0 Å². The molecular formula is C33H40N8O3. The lowest BCUT2D eigenvalue weighted by Gasteiger charge is -2.37. The van der Waals surface area contributed by atoms with Crippen LogP contribution in [0.15, 0.2) is 72.4 Å². The Morgan fingerprint density at radius 2 is 1.91 bits per heavy atom. The van der Waals surface area contributed by atoms with Crippen molar-refractivity contribution in [2.45, 2.75) is 25.8 Å². The summed E-state index contributed by atoms with van der Waals surface area (Å²) in [7, 11) is 3.77. The van der Waals surface area contributed by atoms with Crippen LogP contribution in [0.1, 0.15) is 25.3 Å². The van der Waals surface area contributed by atoms with Crippen molar-refractivity contribution in [2.24, 2.45) is 4.99 Å². The van der Waals surface area contributed by atoms with Crippen LogP contribution in [-0.4, -0.2) is 97.3 Å². The molecule has 2 amide bonds. The zero-order chi connectivity index (χ0) is 31.1. The normalized spacial score (nSPS) is 17.6. The number of likely N-dealkylation sites (N-methyl/N-ethyl adjacent to an activating group) is 1. The Bertz CT molecular complexity index is 1500. The number of aromatic nitrogens is 2. The quantitative estimate of drug-likeness (QED) is 0.210. The monoisotopic (exact) mass is 596 g/mol. The van der Waals surface area contributed by atoms with E-state index in [2.05, 4.69) is 39.8 Å². The number of nitrogens with one attached hydrogen (secondary N) is 1. The predicted octanol–water partition coefficient (Wildman–Crippen LogP) is 4.26. The first-order valence-corrected chi connectivity index (χ1v) is 14.9. The Kier molecular flexibility index (Phi) is 9.86. The standard InChI is InChI=1S/C33H40N8O3/c1-5-31(43)40-15-9-12-27(22-40)41(23-42)32-29(35-24(2)25-10-7-6-8-11-25)21-34-33(37-32)36-28-14-13-26(20-30(28)44-4)39-18-16-38(3)17-19-39/h5-8,10-11,13-14,20-21,23,27H,1,9,12,15-19,22H2,2-4H3,(H,34,36,37). The average molecular weight is 597 g/mol. The molecule has 0 bridgehead atoms. The van der Waals surface area contributed by atoms with Gasteiger partial charge in [0, 0.05) is 56.7 Å². The van der Waals surface area contributed by atoms with Crippen molar-refractivity contribution in [1.82, 2.24) is 19.8 Å². The summed E-state index contributed by atoms with van der Waals surface area (Å²) in [6, 6.07) is 15.6. The summed E-state index contributed by atoms with van der Waals surface area (Å²) < 4.78 is 5.75. The second kappa shape index (κ2) is 14.1. The van der Waals surface area contributed by atoms with Gasteiger partial charge in [0.2, 0.25) is 18.3 Å². The van der Waals surface area contributed by atoms with E-state index in [-0.39, 0.29) is 11.9 Å². The first kappa shape index (κ1) is 30.7. The van der Waals surface area contributed by atoms with Crippen LogP contribution in [0, 0.1) is 0 Å². The molecule has 11 heteroatoms. The number of carbonyl (C=O) groups is 2. The zero-order valence-corrected chi connectivity index (χ0v) is 25.6. The van der Waals surface area contributed by atoms with Gasteiger partial charge >= 0.3 is 0 Å². The Morgan fingerprint density at radius 3 is 2.61 bits per heavy atom. The highest BCUT2D eigenvalue weighted by Crippen LogP contribution is 2.35. The summed E-state index contributed by atoms with van der Waals surface area (Å²) in [6.45, 7) is 10.4. The van der Waals surface area contributed by atoms with E-state index in [9.17, 15) is 9.59 Å². The summed E-state index contributed by atoms with van der Waals surface area (Å²) in [5.41, 5.74) is 3.95. The molecule has 5 rings (SSSR count). The van der Waals surface area contributed by atoms with Crippen molar-refractivity contribution >= 4 is 46.9 Å². The minimum atomic E-state index is -0.281. The molecule has 1 atom stereocenters. The van der Waals surface area contributed by atoms with E-state index < -0.39 is 0 Å². The minimum absolute atomic E-state index is 0.157. The number of amides is 2. The van der Waals surface area contributed by atoms with E-state index >= 15 is 0 Å². The lowest BCUT2D eigenvalue weighted by Crippen LogP contribution is -2.49. The predicted molar refractivity (Wildman–Crippen MR) is 175 cm³/mol. The second-order valence-corrected chi connectivity index (χ2v) is 11.1. The molecule has 1 N–H and O–H groups in total. The third kappa shape index (κ3) is 7.05. The van der Waals surface area contributed by atoms with Gasteiger partial charge in [0.15, 0.2) is 5.82 Å². The van der Waals surface area contributed by atoms with Gasteiger partial charge < -0.3 is 24.8 Å². The van der Waals surface area contributed by atoms with Gasteiger partial charge in [0.05, 0.1) is 25.0 Å². The smallest absolute Gasteiger partial charge is 0.246 e. The summed E-state index contributed by atoms with van der Waals surface area (Å²) >= 11 is 0. The number of nitrogens with zero attached hydrogens (tertiary/aromatic N) is 7. The molecular weight excluding hydrogens is 556 g/mol. The van der Waals surface area contributed by atoms with E-state index in [0.717, 1.165) is 62.4 Å². The fourth-order valence-electron chi connectivity index (χ4n) is 5.61. The molecule has 2 aliphatic rings. The fraction of sp³-hybridized carbons (Fsp3) is 0.364. The third-order valence-electron chi connectivity index (χ3n) is 8.16. The minimum Gasteiger partial charge on any atom is -0.494 e. The number of methoxy groups -OCH3 is 1. The topological polar surface area (TPSA) is 106 Å². The van der Waals surface area contributed by atoms with Crippen LogP contribution >= 0.6 is 0 Å². The Balaban J connectivity index is 1.48. The van der Waals surface area contributed by atoms with Crippen LogP contribution < -0.4 is 19.9 Å². The number of rotatable bonds is 10. The number of aliphatic imine (C=N–C) groups is 1. The summed E-state index contributed by atoms with van der Waals surface area (Å²) in [4.78, 5) is 47.3. The fourth-order valence-corrected chi connectivity index (χ4v) is 5.61. The number of piperazine rings is 1. The number of benzene rings is 2. The molecule has 3 aromatic rings. The number of ether oxygens (including phenoxy) is 1. The summed E-state index contributed by atoms with van der Waals surface area (Å²) in [5, 5.41) is 3.29. The molecule has 3 heterocycles. The maximum Gasteiger partial charge on any atom is 0.246 e. The molecule has 2 aliphatic heterocycles. The van der Waals surface area contributed by atoms with Gasteiger partial charge in [0.25, 0.3) is 0 Å². The molecule has 2 fully saturated rings. The van der Waals surface area contributed by atoms with Crippen LogP contribution in [0.4, 0.5) is 28.8 Å². The highest BCUT2D eigenvalue weighted by molar-refractivity contribution is 6.01. The van der Waals surface area contributed by atoms with Gasteiger partial charge in [-0.15, -0.1) is 0 Å². The highest BCUT2D eigenvalue weighted by Gasteiger charge is 2.30. The lowest BCUT2D eigenvalue weighted by molar-refractivity contribution is -0.127. The summed E-state index contributed by atoms with van der Waals surface area (Å²) in [6.07, 6.45) is 5.16. The van der Waals surface area contributed by atoms with E-state index in [1.165, 1.54) is 6.08 Å². The molecule has 11 nitrogen and oxygen atoms in total. The van der Waals surface area contributed by atoms with Gasteiger partial charge in [-0.2, -0.15) is 4.98 Å². The van der Waals surface area contributed by atoms with Crippen molar-refractivity contribution in [3.63, 3.8) is 0 Å². The second-order valence-electron chi connectivity index (χ2n) is 11.1. The van der Waals surface area contributed by atoms with Crippen molar-refractivity contribution in [3.8, 4) is 5.75 Å². The first-order chi connectivity index (χ1) is 21.4. The molecule has 0 radical (unpaired) electrons. The van der Waals surface area contributed by atoms with E-state index in [1.54, 1.807) is 23.1 Å². The number of carbonyl (C=O) groups excluding carboxylic acids is 2. The number of anilines is 4. The average Bonchev–Trinajstić information content (AvgIpc) is 3.07. The van der Waals surface area contributed by atoms with Crippen molar-refractivity contribution < 1.29 is 14.3 Å². The van der Waals surface area contributed by atoms with Crippen LogP contribution in [0.3, 0.4) is 0 Å². The molecule has 2 saturated heterocycles. The molecule has 0 aliphatic carbocycles. The van der Waals surface area contributed by atoms with E-state index in [0.29, 0.717) is 42.0 Å². The Labute approximate surface area is 258 Å². The number of piperidine rings is 1. The van der Waals surface area contributed by atoms with Gasteiger partial charge in [-0.3, -0.25) is 14.5 Å². The van der Waals surface area contributed by atoms with Gasteiger partial charge in [-0.25, -0.2) is 9.98 Å². The van der Waals surface area contributed by atoms with Crippen molar-refractivity contribution in [2.75, 3.05) is 68.5 Å². The van der Waals surface area contributed by atoms with Gasteiger partial charge in [-0.1, -0.05) is 36.9 Å². The van der Waals surface area contributed by atoms with Crippen LogP contribution in [0.25, 0.3) is 0 Å². The van der Waals surface area contributed by atoms with Gasteiger partial charge in [-0.05, 0) is 50.6 Å². The molecule has 2 aromatic carbocycles. The largest absolute Gasteiger partial charge is 0.494 e. The molecule has 44 heavy (non-hydrogen) atoms. The van der Waals surface area contributed by atoms with Crippen molar-refractivity contribution in [3.05, 3.63) is 72.9 Å². The van der Waals surface area contributed by atoms with Crippen LogP contribution in [0.5, 0.6) is 5.75 Å². The number of hydrogen-bond donors (Lipinski definition) is 1. The maximum atomic E-state index is 12.7. The highest BCUT2D eigenvalue weighted by atomic mass is 16.5. The first-order valence-electron chi connectivity index (χ1n) is 14.9. The summed E-state index contributed by atoms with van der Waals surface area (Å²) in [5.74, 6) is 1.16. The number of likely N-dealkylation sites (tertiary alicyclic amines) is 1. The Morgan fingerprint density at radius 1 is 1.14 bits per heavy atom.